The Morgan fingerprint density at radius 3 is 2.67 bits per heavy atom. The van der Waals surface area contributed by atoms with Crippen molar-refractivity contribution in [1.29, 1.82) is 0 Å². The second-order valence-corrected chi connectivity index (χ2v) is 6.68. The normalized spacial score (nSPS) is 11.4. The highest BCUT2D eigenvalue weighted by Gasteiger charge is 2.23. The van der Waals surface area contributed by atoms with Crippen molar-refractivity contribution >= 4 is 39.6 Å². The molecule has 0 radical (unpaired) electrons. The highest BCUT2D eigenvalue weighted by Crippen LogP contribution is 2.20. The third-order valence-corrected chi connectivity index (χ3v) is 4.48. The summed E-state index contributed by atoms with van der Waals surface area (Å²) in [5, 5.41) is 8.92. The van der Waals surface area contributed by atoms with E-state index in [2.05, 4.69) is 10.3 Å². The first-order chi connectivity index (χ1) is 12.9. The summed E-state index contributed by atoms with van der Waals surface area (Å²) in [6, 6.07) is 5.10. The smallest absolute Gasteiger partial charge is 0.261 e. The van der Waals surface area contributed by atoms with Gasteiger partial charge in [0.15, 0.2) is 17.1 Å². The number of likely N-dealkylation sites (N-methyl/N-ethyl adjacent to an activating group) is 1. The van der Waals surface area contributed by atoms with Crippen molar-refractivity contribution < 1.29 is 9.53 Å². The molecule has 9 heteroatoms. The van der Waals surface area contributed by atoms with Gasteiger partial charge < -0.3 is 9.64 Å². The molecule has 27 heavy (non-hydrogen) atoms. The molecule has 2 heterocycles. The molecule has 0 bridgehead atoms. The quantitative estimate of drug-likeness (QED) is 0.468. The molecule has 142 valence electrons. The van der Waals surface area contributed by atoms with Gasteiger partial charge in [0.05, 0.1) is 24.1 Å². The molecule has 3 aromatic rings. The monoisotopic (exact) mass is 387 g/mol. The Labute approximate surface area is 161 Å². The molecule has 8 nitrogen and oxygen atoms in total. The largest absolute Gasteiger partial charge is 0.482 e. The van der Waals surface area contributed by atoms with Gasteiger partial charge in [-0.05, 0) is 52.3 Å². The maximum absolute atomic E-state index is 13.1. The van der Waals surface area contributed by atoms with Crippen LogP contribution in [0.4, 0.5) is 0 Å². The van der Waals surface area contributed by atoms with Crippen LogP contribution in [-0.2, 0) is 11.3 Å². The first-order valence-electron chi connectivity index (χ1n) is 8.66. The zero-order chi connectivity index (χ0) is 19.7. The summed E-state index contributed by atoms with van der Waals surface area (Å²) in [7, 11) is 3.63. The standard InChI is InChI=1S/C18H21N5O3S/c1-5-22-16-14(18(27)26-6-2)19-20-23(16)15-11(13(24)10-21(3)4)8-7-9-12(15)17(22)25/h7-9H,5-6,10H2,1-4H3. The van der Waals surface area contributed by atoms with E-state index >= 15 is 0 Å². The Kier molecular flexibility index (Phi) is 5.33. The average molecular weight is 387 g/mol. The van der Waals surface area contributed by atoms with E-state index in [4.69, 9.17) is 17.0 Å². The fourth-order valence-electron chi connectivity index (χ4n) is 3.08. The molecular weight excluding hydrogens is 366 g/mol. The molecule has 1 aromatic carbocycles. The molecule has 0 saturated carbocycles. The van der Waals surface area contributed by atoms with Gasteiger partial charge in [0.1, 0.15) is 0 Å². The average Bonchev–Trinajstić information content (AvgIpc) is 3.06. The highest BCUT2D eigenvalue weighted by atomic mass is 32.1. The summed E-state index contributed by atoms with van der Waals surface area (Å²) in [4.78, 5) is 27.6. The number of hydrogen-bond acceptors (Lipinski definition) is 7. The van der Waals surface area contributed by atoms with Crippen molar-refractivity contribution in [2.45, 2.75) is 20.4 Å². The molecule has 0 aliphatic carbocycles. The molecule has 0 amide bonds. The number of hydrogen-bond donors (Lipinski definition) is 0. The van der Waals surface area contributed by atoms with Gasteiger partial charge in [0.2, 0.25) is 5.05 Å². The van der Waals surface area contributed by atoms with E-state index in [0.29, 0.717) is 41.0 Å². The summed E-state index contributed by atoms with van der Waals surface area (Å²) >= 11 is 5.29. The van der Waals surface area contributed by atoms with Crippen LogP contribution in [0.2, 0.25) is 0 Å². The third-order valence-electron chi connectivity index (χ3n) is 4.17. The summed E-state index contributed by atoms with van der Waals surface area (Å²) < 4.78 is 8.47. The number of Topliss-reactive ketones (excluding diaryl/α,β-unsaturated/α-hetero) is 1. The first-order valence-corrected chi connectivity index (χ1v) is 9.07. The Bertz CT molecular complexity index is 1100. The lowest BCUT2D eigenvalue weighted by atomic mass is 10.1. The number of nitrogens with zero attached hydrogens (tertiary/aromatic N) is 5. The zero-order valence-corrected chi connectivity index (χ0v) is 16.5. The van der Waals surface area contributed by atoms with Crippen LogP contribution in [0.15, 0.2) is 23.0 Å². The molecule has 0 aliphatic rings. The lowest BCUT2D eigenvalue weighted by Gasteiger charge is -2.13. The van der Waals surface area contributed by atoms with Gasteiger partial charge in [0, 0.05) is 12.1 Å². The lowest BCUT2D eigenvalue weighted by molar-refractivity contribution is 0.0959. The molecule has 3 rings (SSSR count). The molecule has 0 aliphatic heterocycles. The van der Waals surface area contributed by atoms with E-state index in [1.165, 1.54) is 4.52 Å². The number of carbonyl (C=O) groups excluding carboxylic acids is 1. The van der Waals surface area contributed by atoms with E-state index in [9.17, 15) is 9.59 Å². The van der Waals surface area contributed by atoms with Crippen molar-refractivity contribution in [3.63, 3.8) is 0 Å². The summed E-state index contributed by atoms with van der Waals surface area (Å²) in [6.07, 6.45) is 0. The zero-order valence-electron chi connectivity index (χ0n) is 15.7. The number of aryl methyl sites for hydroxylation is 1. The second kappa shape index (κ2) is 7.53. The van der Waals surface area contributed by atoms with Gasteiger partial charge in [-0.1, -0.05) is 11.3 Å². The van der Waals surface area contributed by atoms with Gasteiger partial charge in [0.25, 0.3) is 5.56 Å². The van der Waals surface area contributed by atoms with Crippen LogP contribution >= 0.6 is 12.2 Å². The summed E-state index contributed by atoms with van der Waals surface area (Å²) in [5.41, 5.74) is 1.39. The molecule has 0 fully saturated rings. The molecule has 0 unspecified atom stereocenters. The first kappa shape index (κ1) is 19.1. The van der Waals surface area contributed by atoms with E-state index in [1.807, 2.05) is 27.9 Å². The van der Waals surface area contributed by atoms with Gasteiger partial charge in [-0.15, -0.1) is 5.10 Å². The Hall–Kier alpha value is -2.65. The fraction of sp³-hybridized carbons (Fsp3) is 0.389. The number of aromatic nitrogens is 4. The third kappa shape index (κ3) is 3.24. The van der Waals surface area contributed by atoms with Crippen LogP contribution in [0, 0.1) is 0 Å². The predicted molar refractivity (Wildman–Crippen MR) is 107 cm³/mol. The maximum atomic E-state index is 13.1. The van der Waals surface area contributed by atoms with Crippen LogP contribution in [0.3, 0.4) is 0 Å². The Morgan fingerprint density at radius 1 is 1.30 bits per heavy atom. The van der Waals surface area contributed by atoms with Crippen molar-refractivity contribution in [3.8, 4) is 0 Å². The van der Waals surface area contributed by atoms with Gasteiger partial charge in [-0.3, -0.25) is 14.2 Å². The number of thiocarbonyl (C=S) groups is 1. The number of ether oxygens (including phenoxy) is 1. The molecule has 0 saturated heterocycles. The van der Waals surface area contributed by atoms with E-state index in [0.717, 1.165) is 0 Å². The summed E-state index contributed by atoms with van der Waals surface area (Å²) in [5.74, 6) is -0.106. The minimum Gasteiger partial charge on any atom is -0.482 e. The van der Waals surface area contributed by atoms with E-state index in [1.54, 1.807) is 27.7 Å². The van der Waals surface area contributed by atoms with Crippen molar-refractivity contribution in [3.05, 3.63) is 39.8 Å². The van der Waals surface area contributed by atoms with E-state index in [-0.39, 0.29) is 22.9 Å². The Morgan fingerprint density at radius 2 is 2.04 bits per heavy atom. The molecular formula is C18H21N5O3S. The Balaban J connectivity index is 2.42. The van der Waals surface area contributed by atoms with Crippen LogP contribution in [0.1, 0.15) is 29.9 Å². The van der Waals surface area contributed by atoms with Gasteiger partial charge in [-0.25, -0.2) is 0 Å². The minimum atomic E-state index is -0.220. The van der Waals surface area contributed by atoms with Crippen molar-refractivity contribution in [2.75, 3.05) is 27.2 Å². The van der Waals surface area contributed by atoms with Crippen LogP contribution in [-0.4, -0.2) is 62.4 Å². The summed E-state index contributed by atoms with van der Waals surface area (Å²) in [6.45, 7) is 4.68. The highest BCUT2D eigenvalue weighted by molar-refractivity contribution is 7.80. The lowest BCUT2D eigenvalue weighted by Crippen LogP contribution is -2.26. The van der Waals surface area contributed by atoms with Crippen LogP contribution in [0.5, 0.6) is 0 Å². The predicted octanol–water partition coefficient (Wildman–Crippen LogP) is 1.52. The van der Waals surface area contributed by atoms with Crippen molar-refractivity contribution in [2.24, 2.45) is 0 Å². The topological polar surface area (TPSA) is 81.7 Å². The van der Waals surface area contributed by atoms with Crippen LogP contribution in [0.25, 0.3) is 16.6 Å². The number of rotatable bonds is 6. The number of para-hydroxylation sites is 1. The van der Waals surface area contributed by atoms with Gasteiger partial charge >= 0.3 is 0 Å². The molecule has 0 N–H and O–H groups in total. The number of ketones is 1. The minimum absolute atomic E-state index is 0.106. The van der Waals surface area contributed by atoms with Crippen LogP contribution < -0.4 is 5.56 Å². The molecule has 0 atom stereocenters. The van der Waals surface area contributed by atoms with Gasteiger partial charge in [-0.2, -0.15) is 4.52 Å². The number of carbonyl (C=O) groups is 1. The SMILES string of the molecule is CCOC(=S)c1nnn2c3c(C(=O)CN(C)C)cccc3c(=O)n(CC)c12. The fourth-order valence-corrected chi connectivity index (χ4v) is 3.33. The molecule has 2 aromatic heterocycles. The second-order valence-electron chi connectivity index (χ2n) is 6.31. The number of benzene rings is 1. The number of fused-ring (bicyclic) bond motifs is 3. The maximum Gasteiger partial charge on any atom is 0.261 e. The molecule has 0 spiro atoms. The van der Waals surface area contributed by atoms with Crippen molar-refractivity contribution in [1.82, 2.24) is 24.3 Å². The van der Waals surface area contributed by atoms with E-state index < -0.39 is 0 Å².